The maximum absolute atomic E-state index is 12.3. The third-order valence-electron chi connectivity index (χ3n) is 4.34. The standard InChI is InChI=1S/C21H24N2O3/c1-13(2)26-20-8-6-16(11-23-20)10-22-19(24)9-17-12-25-21-15(4)14(3)5-7-18(17)21/h5-8,11-13H,9-10H2,1-4H3,(H,22,24). The number of nitrogens with zero attached hydrogens (tertiary/aromatic N) is 1. The summed E-state index contributed by atoms with van der Waals surface area (Å²) in [7, 11) is 0. The van der Waals surface area contributed by atoms with Gasteiger partial charge in [-0.2, -0.15) is 0 Å². The SMILES string of the molecule is Cc1ccc2c(CC(=O)NCc3ccc(OC(C)C)nc3)coc2c1C. The summed E-state index contributed by atoms with van der Waals surface area (Å²) < 4.78 is 11.2. The van der Waals surface area contributed by atoms with Crippen molar-refractivity contribution in [1.82, 2.24) is 10.3 Å². The Hall–Kier alpha value is -2.82. The van der Waals surface area contributed by atoms with E-state index in [4.69, 9.17) is 9.15 Å². The highest BCUT2D eigenvalue weighted by Gasteiger charge is 2.12. The van der Waals surface area contributed by atoms with Crippen molar-refractivity contribution in [3.8, 4) is 5.88 Å². The van der Waals surface area contributed by atoms with Crippen LogP contribution in [0.1, 0.15) is 36.1 Å². The molecule has 0 aliphatic heterocycles. The lowest BCUT2D eigenvalue weighted by Crippen LogP contribution is -2.24. The average molecular weight is 352 g/mol. The predicted molar refractivity (Wildman–Crippen MR) is 101 cm³/mol. The number of amides is 1. The minimum absolute atomic E-state index is 0.0477. The molecular weight excluding hydrogens is 328 g/mol. The molecule has 3 rings (SSSR count). The van der Waals surface area contributed by atoms with Gasteiger partial charge in [0.15, 0.2) is 0 Å². The number of rotatable bonds is 6. The number of aromatic nitrogens is 1. The van der Waals surface area contributed by atoms with Crippen molar-refractivity contribution in [2.24, 2.45) is 0 Å². The molecule has 2 aromatic heterocycles. The molecule has 3 aromatic rings. The summed E-state index contributed by atoms with van der Waals surface area (Å²) in [6.45, 7) is 8.43. The van der Waals surface area contributed by atoms with Crippen LogP contribution in [0.2, 0.25) is 0 Å². The molecule has 1 aromatic carbocycles. The van der Waals surface area contributed by atoms with E-state index in [-0.39, 0.29) is 18.4 Å². The van der Waals surface area contributed by atoms with E-state index < -0.39 is 0 Å². The summed E-state index contributed by atoms with van der Waals surface area (Å²) in [6, 6.07) is 7.79. The Bertz CT molecular complexity index is 911. The number of carbonyl (C=O) groups is 1. The molecule has 0 bridgehead atoms. The summed E-state index contributed by atoms with van der Waals surface area (Å²) in [5, 5.41) is 3.93. The molecule has 0 aliphatic rings. The minimum Gasteiger partial charge on any atom is -0.475 e. The lowest BCUT2D eigenvalue weighted by molar-refractivity contribution is -0.120. The maximum Gasteiger partial charge on any atom is 0.224 e. The lowest BCUT2D eigenvalue weighted by Gasteiger charge is -2.09. The Morgan fingerprint density at radius 2 is 2.04 bits per heavy atom. The number of furan rings is 1. The monoisotopic (exact) mass is 352 g/mol. The zero-order valence-corrected chi connectivity index (χ0v) is 15.6. The van der Waals surface area contributed by atoms with E-state index in [9.17, 15) is 4.79 Å². The first kappa shape index (κ1) is 18.0. The number of fused-ring (bicyclic) bond motifs is 1. The van der Waals surface area contributed by atoms with Gasteiger partial charge in [-0.05, 0) is 44.4 Å². The number of pyridine rings is 1. The second-order valence-corrected chi connectivity index (χ2v) is 6.77. The molecule has 1 N–H and O–H groups in total. The molecule has 0 saturated carbocycles. The van der Waals surface area contributed by atoms with Crippen molar-refractivity contribution in [2.45, 2.75) is 46.8 Å². The van der Waals surface area contributed by atoms with Gasteiger partial charge in [0.05, 0.1) is 18.8 Å². The third-order valence-corrected chi connectivity index (χ3v) is 4.34. The van der Waals surface area contributed by atoms with Crippen LogP contribution in [0.4, 0.5) is 0 Å². The number of ether oxygens (including phenoxy) is 1. The normalized spacial score (nSPS) is 11.1. The zero-order valence-electron chi connectivity index (χ0n) is 15.6. The van der Waals surface area contributed by atoms with Crippen LogP contribution in [0.3, 0.4) is 0 Å². The van der Waals surface area contributed by atoms with E-state index in [0.717, 1.165) is 27.7 Å². The van der Waals surface area contributed by atoms with Gasteiger partial charge in [-0.3, -0.25) is 4.79 Å². The summed E-state index contributed by atoms with van der Waals surface area (Å²) in [5.41, 5.74) is 4.99. The van der Waals surface area contributed by atoms with Crippen LogP contribution in [-0.4, -0.2) is 17.0 Å². The first-order valence-electron chi connectivity index (χ1n) is 8.78. The van der Waals surface area contributed by atoms with E-state index in [1.807, 2.05) is 39.0 Å². The molecule has 136 valence electrons. The van der Waals surface area contributed by atoms with Gasteiger partial charge in [0.25, 0.3) is 0 Å². The fraction of sp³-hybridized carbons (Fsp3) is 0.333. The Morgan fingerprint density at radius 1 is 1.23 bits per heavy atom. The summed E-state index contributed by atoms with van der Waals surface area (Å²) in [5.74, 6) is 0.541. The Labute approximate surface area is 153 Å². The van der Waals surface area contributed by atoms with Gasteiger partial charge in [0.1, 0.15) is 5.58 Å². The molecule has 2 heterocycles. The van der Waals surface area contributed by atoms with Crippen LogP contribution in [0, 0.1) is 13.8 Å². The lowest BCUT2D eigenvalue weighted by atomic mass is 10.0. The van der Waals surface area contributed by atoms with Crippen LogP contribution in [0.15, 0.2) is 41.1 Å². The van der Waals surface area contributed by atoms with Gasteiger partial charge in [0.2, 0.25) is 11.8 Å². The largest absolute Gasteiger partial charge is 0.475 e. The fourth-order valence-electron chi connectivity index (χ4n) is 2.79. The number of carbonyl (C=O) groups excluding carboxylic acids is 1. The molecule has 1 amide bonds. The second-order valence-electron chi connectivity index (χ2n) is 6.77. The van der Waals surface area contributed by atoms with E-state index in [0.29, 0.717) is 12.4 Å². The number of hydrogen-bond donors (Lipinski definition) is 1. The molecule has 0 unspecified atom stereocenters. The van der Waals surface area contributed by atoms with Crippen LogP contribution in [-0.2, 0) is 17.8 Å². The van der Waals surface area contributed by atoms with E-state index in [1.54, 1.807) is 12.5 Å². The van der Waals surface area contributed by atoms with Gasteiger partial charge in [-0.15, -0.1) is 0 Å². The smallest absolute Gasteiger partial charge is 0.224 e. The highest BCUT2D eigenvalue weighted by atomic mass is 16.5. The Morgan fingerprint density at radius 3 is 2.73 bits per heavy atom. The quantitative estimate of drug-likeness (QED) is 0.726. The predicted octanol–water partition coefficient (Wildman–Crippen LogP) is 4.09. The zero-order chi connectivity index (χ0) is 18.7. The van der Waals surface area contributed by atoms with Gasteiger partial charge in [0, 0.05) is 29.8 Å². The third kappa shape index (κ3) is 4.04. The molecule has 5 nitrogen and oxygen atoms in total. The molecule has 26 heavy (non-hydrogen) atoms. The topological polar surface area (TPSA) is 64.4 Å². The van der Waals surface area contributed by atoms with Crippen molar-refractivity contribution >= 4 is 16.9 Å². The van der Waals surface area contributed by atoms with Crippen molar-refractivity contribution < 1.29 is 13.9 Å². The minimum atomic E-state index is -0.0477. The van der Waals surface area contributed by atoms with Crippen LogP contribution in [0.5, 0.6) is 5.88 Å². The molecule has 0 saturated heterocycles. The second kappa shape index (κ2) is 7.60. The van der Waals surface area contributed by atoms with Gasteiger partial charge < -0.3 is 14.5 Å². The van der Waals surface area contributed by atoms with Crippen molar-refractivity contribution in [3.63, 3.8) is 0 Å². The maximum atomic E-state index is 12.3. The number of hydrogen-bond acceptors (Lipinski definition) is 4. The first-order chi connectivity index (χ1) is 12.4. The van der Waals surface area contributed by atoms with Gasteiger partial charge >= 0.3 is 0 Å². The molecule has 0 aliphatic carbocycles. The van der Waals surface area contributed by atoms with Crippen LogP contribution < -0.4 is 10.1 Å². The first-order valence-corrected chi connectivity index (χ1v) is 8.78. The molecule has 0 spiro atoms. The molecule has 0 atom stereocenters. The van der Waals surface area contributed by atoms with Crippen LogP contribution in [0.25, 0.3) is 11.0 Å². The highest BCUT2D eigenvalue weighted by Crippen LogP contribution is 2.26. The molecular formula is C21H24N2O3. The number of nitrogens with one attached hydrogen (secondary N) is 1. The average Bonchev–Trinajstić information content (AvgIpc) is 3.00. The van der Waals surface area contributed by atoms with E-state index in [2.05, 4.69) is 23.3 Å². The summed E-state index contributed by atoms with van der Waals surface area (Å²) in [6.07, 6.45) is 3.77. The molecule has 0 fully saturated rings. The summed E-state index contributed by atoms with van der Waals surface area (Å²) in [4.78, 5) is 16.5. The highest BCUT2D eigenvalue weighted by molar-refractivity contribution is 5.89. The van der Waals surface area contributed by atoms with Crippen molar-refractivity contribution in [1.29, 1.82) is 0 Å². The van der Waals surface area contributed by atoms with E-state index in [1.165, 1.54) is 5.56 Å². The van der Waals surface area contributed by atoms with Gasteiger partial charge in [-0.1, -0.05) is 18.2 Å². The Balaban J connectivity index is 1.60. The van der Waals surface area contributed by atoms with Crippen molar-refractivity contribution in [3.05, 3.63) is 59.0 Å². The van der Waals surface area contributed by atoms with Crippen LogP contribution >= 0.6 is 0 Å². The fourth-order valence-corrected chi connectivity index (χ4v) is 2.79. The molecule has 0 radical (unpaired) electrons. The van der Waals surface area contributed by atoms with E-state index >= 15 is 0 Å². The number of aryl methyl sites for hydroxylation is 2. The molecule has 5 heteroatoms. The van der Waals surface area contributed by atoms with Gasteiger partial charge in [-0.25, -0.2) is 4.98 Å². The summed E-state index contributed by atoms with van der Waals surface area (Å²) >= 11 is 0. The Kier molecular flexibility index (Phi) is 5.26. The number of benzene rings is 1. The van der Waals surface area contributed by atoms with Crippen molar-refractivity contribution in [2.75, 3.05) is 0 Å².